The van der Waals surface area contributed by atoms with Gasteiger partial charge in [-0.2, -0.15) is 5.10 Å². The second-order valence-corrected chi connectivity index (χ2v) is 4.24. The minimum Gasteiger partial charge on any atom is -0.496 e. The summed E-state index contributed by atoms with van der Waals surface area (Å²) in [5.41, 5.74) is 2.72. The summed E-state index contributed by atoms with van der Waals surface area (Å²) in [4.78, 5) is 11.0. The van der Waals surface area contributed by atoms with Crippen LogP contribution in [0.15, 0.2) is 24.3 Å². The molecule has 1 heterocycles. The van der Waals surface area contributed by atoms with Gasteiger partial charge >= 0.3 is 5.97 Å². The quantitative estimate of drug-likeness (QED) is 0.917. The number of carboxylic acid groups (broad SMARTS) is 1. The van der Waals surface area contributed by atoms with Gasteiger partial charge in [0.25, 0.3) is 0 Å². The molecule has 5 nitrogen and oxygen atoms in total. The molecule has 1 aromatic heterocycles. The normalized spacial score (nSPS) is 10.5. The molecule has 0 radical (unpaired) electrons. The average molecular weight is 260 g/mol. The second-order valence-electron chi connectivity index (χ2n) is 4.24. The molecule has 0 aliphatic carbocycles. The minimum atomic E-state index is -1.03. The van der Waals surface area contributed by atoms with Crippen LogP contribution in [0.25, 0.3) is 11.3 Å². The summed E-state index contributed by atoms with van der Waals surface area (Å²) in [5.74, 6) is -0.322. The molecule has 0 spiro atoms. The average Bonchev–Trinajstić information content (AvgIpc) is 2.82. The minimum absolute atomic E-state index is 0.0420. The van der Waals surface area contributed by atoms with E-state index in [1.165, 1.54) is 0 Å². The number of benzene rings is 1. The highest BCUT2D eigenvalue weighted by Crippen LogP contribution is 2.31. The summed E-state index contributed by atoms with van der Waals surface area (Å²) in [6, 6.07) is 7.36. The Morgan fingerprint density at radius 3 is 2.74 bits per heavy atom. The molecule has 0 saturated heterocycles. The van der Waals surface area contributed by atoms with Crippen LogP contribution >= 0.6 is 0 Å². The van der Waals surface area contributed by atoms with Gasteiger partial charge in [-0.05, 0) is 32.0 Å². The van der Waals surface area contributed by atoms with Gasteiger partial charge in [0.15, 0.2) is 5.69 Å². The Morgan fingerprint density at radius 1 is 1.42 bits per heavy atom. The first kappa shape index (κ1) is 13.1. The number of ether oxygens (including phenoxy) is 1. The fourth-order valence-electron chi connectivity index (χ4n) is 2.00. The lowest BCUT2D eigenvalue weighted by Crippen LogP contribution is -2.03. The van der Waals surface area contributed by atoms with Crippen molar-refractivity contribution in [3.05, 3.63) is 35.5 Å². The molecule has 100 valence electrons. The Labute approximate surface area is 111 Å². The number of hydrogen-bond acceptors (Lipinski definition) is 3. The van der Waals surface area contributed by atoms with Gasteiger partial charge in [0.05, 0.1) is 12.8 Å². The van der Waals surface area contributed by atoms with Gasteiger partial charge in [0.1, 0.15) is 5.75 Å². The third kappa shape index (κ3) is 2.45. The molecule has 1 aromatic carbocycles. The summed E-state index contributed by atoms with van der Waals surface area (Å²) in [7, 11) is 1.60. The first-order chi connectivity index (χ1) is 9.06. The number of aryl methyl sites for hydroxylation is 2. The molecule has 0 fully saturated rings. The number of hydrogen-bond donors (Lipinski definition) is 1. The SMILES string of the molecule is CCn1nc(C(=O)O)cc1-c1cc(C)ccc1OC. The third-order valence-corrected chi connectivity index (χ3v) is 2.93. The fourth-order valence-corrected chi connectivity index (χ4v) is 2.00. The van der Waals surface area contributed by atoms with Crippen molar-refractivity contribution in [2.24, 2.45) is 0 Å². The summed E-state index contributed by atoms with van der Waals surface area (Å²) in [5, 5.41) is 13.1. The van der Waals surface area contributed by atoms with Crippen LogP contribution in [-0.2, 0) is 6.54 Å². The van der Waals surface area contributed by atoms with Crippen LogP contribution in [0.5, 0.6) is 5.75 Å². The van der Waals surface area contributed by atoms with Crippen molar-refractivity contribution in [1.82, 2.24) is 9.78 Å². The van der Waals surface area contributed by atoms with Crippen molar-refractivity contribution < 1.29 is 14.6 Å². The number of rotatable bonds is 4. The zero-order valence-corrected chi connectivity index (χ0v) is 11.2. The molecule has 0 amide bonds. The van der Waals surface area contributed by atoms with E-state index in [0.29, 0.717) is 12.3 Å². The lowest BCUT2D eigenvalue weighted by molar-refractivity contribution is 0.0689. The summed E-state index contributed by atoms with van der Waals surface area (Å²) in [6.45, 7) is 4.50. The summed E-state index contributed by atoms with van der Waals surface area (Å²) < 4.78 is 7.00. The van der Waals surface area contributed by atoms with Crippen molar-refractivity contribution in [1.29, 1.82) is 0 Å². The molecule has 2 rings (SSSR count). The number of aromatic nitrogens is 2. The zero-order valence-electron chi connectivity index (χ0n) is 11.2. The predicted molar refractivity (Wildman–Crippen MR) is 71.6 cm³/mol. The molecule has 0 aliphatic rings. The molecule has 5 heteroatoms. The third-order valence-electron chi connectivity index (χ3n) is 2.93. The number of carboxylic acids is 1. The van der Waals surface area contributed by atoms with Crippen molar-refractivity contribution in [3.63, 3.8) is 0 Å². The molecule has 0 atom stereocenters. The number of methoxy groups -OCH3 is 1. The Kier molecular flexibility index (Phi) is 3.55. The second kappa shape index (κ2) is 5.14. The van der Waals surface area contributed by atoms with E-state index < -0.39 is 5.97 Å². The van der Waals surface area contributed by atoms with Crippen molar-refractivity contribution in [2.75, 3.05) is 7.11 Å². The van der Waals surface area contributed by atoms with E-state index in [-0.39, 0.29) is 5.69 Å². The van der Waals surface area contributed by atoms with E-state index in [9.17, 15) is 4.79 Å². The van der Waals surface area contributed by atoms with Crippen molar-refractivity contribution in [2.45, 2.75) is 20.4 Å². The van der Waals surface area contributed by atoms with Crippen LogP contribution in [0.1, 0.15) is 23.0 Å². The molecule has 0 saturated carbocycles. The van der Waals surface area contributed by atoms with E-state index >= 15 is 0 Å². The molecule has 0 bridgehead atoms. The molecule has 2 aromatic rings. The van der Waals surface area contributed by atoms with Crippen LogP contribution in [-0.4, -0.2) is 28.0 Å². The van der Waals surface area contributed by atoms with Gasteiger partial charge in [0.2, 0.25) is 0 Å². The van der Waals surface area contributed by atoms with Gasteiger partial charge < -0.3 is 9.84 Å². The molecular weight excluding hydrogens is 244 g/mol. The Morgan fingerprint density at radius 2 is 2.16 bits per heavy atom. The summed E-state index contributed by atoms with van der Waals surface area (Å²) >= 11 is 0. The lowest BCUT2D eigenvalue weighted by atomic mass is 10.1. The molecule has 19 heavy (non-hydrogen) atoms. The lowest BCUT2D eigenvalue weighted by Gasteiger charge is -2.10. The smallest absolute Gasteiger partial charge is 0.356 e. The van der Waals surface area contributed by atoms with Crippen LogP contribution in [0.3, 0.4) is 0 Å². The number of carbonyl (C=O) groups is 1. The monoisotopic (exact) mass is 260 g/mol. The molecule has 1 N–H and O–H groups in total. The maximum absolute atomic E-state index is 11.0. The standard InChI is InChI=1S/C14H16N2O3/c1-4-16-12(8-11(15-16)14(17)18)10-7-9(2)5-6-13(10)19-3/h5-8H,4H2,1-3H3,(H,17,18). The first-order valence-electron chi connectivity index (χ1n) is 6.03. The molecule has 0 unspecified atom stereocenters. The highest BCUT2D eigenvalue weighted by Gasteiger charge is 2.16. The maximum Gasteiger partial charge on any atom is 0.356 e. The molecular formula is C14H16N2O3. The zero-order chi connectivity index (χ0) is 14.0. The van der Waals surface area contributed by atoms with E-state index in [1.54, 1.807) is 17.9 Å². The highest BCUT2D eigenvalue weighted by molar-refractivity contribution is 5.87. The van der Waals surface area contributed by atoms with Crippen LogP contribution < -0.4 is 4.74 Å². The van der Waals surface area contributed by atoms with Crippen molar-refractivity contribution in [3.8, 4) is 17.0 Å². The van der Waals surface area contributed by atoms with Crippen LogP contribution in [0.2, 0.25) is 0 Å². The van der Waals surface area contributed by atoms with Gasteiger partial charge in [-0.1, -0.05) is 11.6 Å². The Hall–Kier alpha value is -2.30. The van der Waals surface area contributed by atoms with E-state index in [2.05, 4.69) is 5.10 Å². The number of aromatic carboxylic acids is 1. The van der Waals surface area contributed by atoms with Crippen LogP contribution in [0.4, 0.5) is 0 Å². The predicted octanol–water partition coefficient (Wildman–Crippen LogP) is 2.59. The number of nitrogens with zero attached hydrogens (tertiary/aromatic N) is 2. The van der Waals surface area contributed by atoms with Crippen LogP contribution in [0, 0.1) is 6.92 Å². The Balaban J connectivity index is 2.63. The fraction of sp³-hybridized carbons (Fsp3) is 0.286. The van der Waals surface area contributed by atoms with Gasteiger partial charge in [-0.25, -0.2) is 4.79 Å². The van der Waals surface area contributed by atoms with E-state index in [4.69, 9.17) is 9.84 Å². The maximum atomic E-state index is 11.0. The van der Waals surface area contributed by atoms with Crippen molar-refractivity contribution >= 4 is 5.97 Å². The summed E-state index contributed by atoms with van der Waals surface area (Å²) in [6.07, 6.45) is 0. The first-order valence-corrected chi connectivity index (χ1v) is 6.03. The molecule has 0 aliphatic heterocycles. The van der Waals surface area contributed by atoms with Gasteiger partial charge in [-0.15, -0.1) is 0 Å². The largest absolute Gasteiger partial charge is 0.496 e. The topological polar surface area (TPSA) is 64.4 Å². The van der Waals surface area contributed by atoms with E-state index in [0.717, 1.165) is 16.8 Å². The van der Waals surface area contributed by atoms with E-state index in [1.807, 2.05) is 32.0 Å². The van der Waals surface area contributed by atoms with Gasteiger partial charge in [0, 0.05) is 12.1 Å². The van der Waals surface area contributed by atoms with Gasteiger partial charge in [-0.3, -0.25) is 4.68 Å². The Bertz CT molecular complexity index is 617. The highest BCUT2D eigenvalue weighted by atomic mass is 16.5.